The molecule has 0 radical (unpaired) electrons. The van der Waals surface area contributed by atoms with Gasteiger partial charge in [-0.3, -0.25) is 9.47 Å². The van der Waals surface area contributed by atoms with Crippen molar-refractivity contribution in [3.05, 3.63) is 36.7 Å². The van der Waals surface area contributed by atoms with Crippen LogP contribution in [0.25, 0.3) is 22.2 Å². The number of nitrogen functional groups attached to an aromatic ring is 1. The van der Waals surface area contributed by atoms with E-state index in [1.54, 1.807) is 4.57 Å². The molecule has 5 rings (SSSR count). The van der Waals surface area contributed by atoms with Crippen LogP contribution in [0.1, 0.15) is 52.6 Å². The predicted octanol–water partition coefficient (Wildman–Crippen LogP) is 2.42. The number of hydrogen-bond acceptors (Lipinski definition) is 10. The predicted molar refractivity (Wildman–Crippen MR) is 147 cm³/mol. The van der Waals surface area contributed by atoms with E-state index in [4.69, 9.17) is 20.2 Å². The molecule has 0 aliphatic carbocycles. The van der Waals surface area contributed by atoms with Gasteiger partial charge in [0.2, 0.25) is 0 Å². The first-order valence-electron chi connectivity index (χ1n) is 13.5. The number of aliphatic hydroxyl groups is 2. The summed E-state index contributed by atoms with van der Waals surface area (Å²) >= 11 is 0. The number of aromatic amines is 1. The Balaban J connectivity index is 1.17. The van der Waals surface area contributed by atoms with Gasteiger partial charge in [-0.2, -0.15) is 0 Å². The molecule has 1 aromatic carbocycles. The van der Waals surface area contributed by atoms with Crippen molar-refractivity contribution >= 4 is 28.0 Å². The van der Waals surface area contributed by atoms with E-state index in [9.17, 15) is 10.2 Å². The zero-order chi connectivity index (χ0) is 27.7. The number of rotatable bonds is 11. The lowest BCUT2D eigenvalue weighted by atomic mass is 10.1. The molecule has 0 amide bonds. The van der Waals surface area contributed by atoms with Gasteiger partial charge in [0.05, 0.1) is 23.5 Å². The van der Waals surface area contributed by atoms with Crippen LogP contribution in [-0.2, 0) is 11.2 Å². The van der Waals surface area contributed by atoms with Gasteiger partial charge < -0.3 is 30.4 Å². The van der Waals surface area contributed by atoms with Crippen LogP contribution in [-0.4, -0.2) is 88.1 Å². The van der Waals surface area contributed by atoms with Gasteiger partial charge in [-0.1, -0.05) is 0 Å². The summed E-state index contributed by atoms with van der Waals surface area (Å²) in [5.74, 6) is 2.03. The molecule has 5 N–H and O–H groups in total. The second-order valence-corrected chi connectivity index (χ2v) is 10.7. The molecule has 0 bridgehead atoms. The molecule has 1 aliphatic heterocycles. The molecule has 12 heteroatoms. The maximum absolute atomic E-state index is 10.8. The molecule has 4 heterocycles. The molecule has 1 aliphatic rings. The molecular weight excluding hydrogens is 500 g/mol. The molecule has 210 valence electrons. The number of anilines is 1. The van der Waals surface area contributed by atoms with Crippen LogP contribution in [0.4, 0.5) is 5.82 Å². The number of unbranched alkanes of at least 4 members (excludes halogenated alkanes) is 1. The molecule has 0 unspecified atom stereocenters. The molecular formula is C27H38N8O4. The average Bonchev–Trinajstić information content (AvgIpc) is 3.57. The SMILES string of the molecule is CC(C)Oc1ccc2[nH]c(CCCCN(C[C@H]3O[C@@H](n4cnc5c(N)ncnc54)[C@H](O)[C@@H]3O)C(C)C)nc2c1. The first kappa shape index (κ1) is 27.3. The summed E-state index contributed by atoms with van der Waals surface area (Å²) in [4.78, 5) is 22.9. The van der Waals surface area contributed by atoms with Crippen LogP contribution in [0.3, 0.4) is 0 Å². The average molecular weight is 539 g/mol. The van der Waals surface area contributed by atoms with Crippen LogP contribution in [0.2, 0.25) is 0 Å². The lowest BCUT2D eigenvalue weighted by Gasteiger charge is -2.30. The fraction of sp³-hybridized carbons (Fsp3) is 0.556. The molecule has 1 fully saturated rings. The summed E-state index contributed by atoms with van der Waals surface area (Å²) in [5.41, 5.74) is 8.70. The summed E-state index contributed by atoms with van der Waals surface area (Å²) in [7, 11) is 0. The van der Waals surface area contributed by atoms with E-state index in [1.165, 1.54) is 12.7 Å². The standard InChI is InChI=1S/C27H38N8O4/c1-15(2)34(10-6-5-7-21-32-18-9-8-17(38-16(3)4)11-19(18)33-21)12-20-23(36)24(37)27(39-20)35-14-31-22-25(28)29-13-30-26(22)35/h8-9,11,13-16,20,23-24,27,36-37H,5-7,10,12H2,1-4H3,(H,32,33)(H2,28,29,30)/t20-,23-,24-,27-/m1/s1. The third-order valence-electron chi connectivity index (χ3n) is 7.13. The van der Waals surface area contributed by atoms with Crippen LogP contribution in [0, 0.1) is 0 Å². The number of imidazole rings is 2. The number of hydrogen-bond donors (Lipinski definition) is 4. The number of aromatic nitrogens is 6. The smallest absolute Gasteiger partial charge is 0.167 e. The summed E-state index contributed by atoms with van der Waals surface area (Å²) in [6.45, 7) is 9.57. The van der Waals surface area contributed by atoms with Crippen molar-refractivity contribution in [1.82, 2.24) is 34.4 Å². The van der Waals surface area contributed by atoms with E-state index in [0.717, 1.165) is 48.4 Å². The number of nitrogens with zero attached hydrogens (tertiary/aromatic N) is 6. The van der Waals surface area contributed by atoms with Crippen molar-refractivity contribution in [2.45, 2.75) is 83.6 Å². The van der Waals surface area contributed by atoms with Crippen LogP contribution < -0.4 is 10.5 Å². The zero-order valence-electron chi connectivity index (χ0n) is 22.9. The minimum Gasteiger partial charge on any atom is -0.491 e. The first-order valence-corrected chi connectivity index (χ1v) is 13.5. The highest BCUT2D eigenvalue weighted by Crippen LogP contribution is 2.32. The van der Waals surface area contributed by atoms with Crippen molar-refractivity contribution in [3.63, 3.8) is 0 Å². The highest BCUT2D eigenvalue weighted by atomic mass is 16.6. The number of nitrogens with one attached hydrogen (secondary N) is 1. The summed E-state index contributed by atoms with van der Waals surface area (Å²) in [5, 5.41) is 21.6. The fourth-order valence-electron chi connectivity index (χ4n) is 5.07. The van der Waals surface area contributed by atoms with Gasteiger partial charge in [0.15, 0.2) is 17.7 Å². The Labute approximate surface area is 227 Å². The van der Waals surface area contributed by atoms with Gasteiger partial charge in [0.1, 0.15) is 41.7 Å². The third kappa shape index (κ3) is 5.83. The Kier molecular flexibility index (Phi) is 7.98. The van der Waals surface area contributed by atoms with Gasteiger partial charge >= 0.3 is 0 Å². The topological polar surface area (TPSA) is 160 Å². The summed E-state index contributed by atoms with van der Waals surface area (Å²) in [6.07, 6.45) is 2.15. The van der Waals surface area contributed by atoms with E-state index in [1.807, 2.05) is 32.0 Å². The second-order valence-electron chi connectivity index (χ2n) is 10.7. The minimum atomic E-state index is -1.13. The van der Waals surface area contributed by atoms with Crippen molar-refractivity contribution in [1.29, 1.82) is 0 Å². The van der Waals surface area contributed by atoms with Crippen molar-refractivity contribution < 1.29 is 19.7 Å². The lowest BCUT2D eigenvalue weighted by molar-refractivity contribution is -0.0469. The first-order chi connectivity index (χ1) is 18.7. The van der Waals surface area contributed by atoms with Crippen molar-refractivity contribution in [2.24, 2.45) is 0 Å². The molecule has 4 atom stereocenters. The van der Waals surface area contributed by atoms with Crippen molar-refractivity contribution in [3.8, 4) is 5.75 Å². The summed E-state index contributed by atoms with van der Waals surface area (Å²) in [6, 6.07) is 6.18. The lowest BCUT2D eigenvalue weighted by Crippen LogP contribution is -2.43. The van der Waals surface area contributed by atoms with Gasteiger partial charge in [0, 0.05) is 25.1 Å². The quantitative estimate of drug-likeness (QED) is 0.209. The Hall–Kier alpha value is -3.32. The Morgan fingerprint density at radius 3 is 2.72 bits per heavy atom. The number of ether oxygens (including phenoxy) is 2. The van der Waals surface area contributed by atoms with E-state index >= 15 is 0 Å². The normalized spacial score (nSPS) is 21.8. The maximum atomic E-state index is 10.8. The van der Waals surface area contributed by atoms with Crippen molar-refractivity contribution in [2.75, 3.05) is 18.8 Å². The Bertz CT molecular complexity index is 1400. The van der Waals surface area contributed by atoms with Crippen LogP contribution in [0.15, 0.2) is 30.9 Å². The fourth-order valence-corrected chi connectivity index (χ4v) is 5.07. The van der Waals surface area contributed by atoms with Gasteiger partial charge in [-0.25, -0.2) is 19.9 Å². The number of H-pyrrole nitrogens is 1. The molecule has 12 nitrogen and oxygen atoms in total. The van der Waals surface area contributed by atoms with Crippen LogP contribution >= 0.6 is 0 Å². The van der Waals surface area contributed by atoms with Gasteiger partial charge in [-0.05, 0) is 59.2 Å². The maximum Gasteiger partial charge on any atom is 0.167 e. The van der Waals surface area contributed by atoms with E-state index in [-0.39, 0.29) is 18.0 Å². The minimum absolute atomic E-state index is 0.120. The highest BCUT2D eigenvalue weighted by molar-refractivity contribution is 5.81. The van der Waals surface area contributed by atoms with E-state index in [0.29, 0.717) is 17.7 Å². The monoisotopic (exact) mass is 538 g/mol. The van der Waals surface area contributed by atoms with Gasteiger partial charge in [0.25, 0.3) is 0 Å². The van der Waals surface area contributed by atoms with E-state index < -0.39 is 24.5 Å². The second kappa shape index (κ2) is 11.4. The number of nitrogens with two attached hydrogens (primary N) is 1. The molecule has 4 aromatic rings. The molecule has 3 aromatic heterocycles. The zero-order valence-corrected chi connectivity index (χ0v) is 22.9. The Morgan fingerprint density at radius 1 is 1.13 bits per heavy atom. The molecule has 0 spiro atoms. The Morgan fingerprint density at radius 2 is 1.95 bits per heavy atom. The largest absolute Gasteiger partial charge is 0.491 e. The van der Waals surface area contributed by atoms with Gasteiger partial charge in [-0.15, -0.1) is 0 Å². The van der Waals surface area contributed by atoms with Crippen LogP contribution in [0.5, 0.6) is 5.75 Å². The number of aryl methyl sites for hydroxylation is 1. The number of aliphatic hydroxyl groups excluding tert-OH is 2. The molecule has 39 heavy (non-hydrogen) atoms. The summed E-state index contributed by atoms with van der Waals surface area (Å²) < 4.78 is 13.5. The van der Waals surface area contributed by atoms with E-state index in [2.05, 4.69) is 38.7 Å². The number of benzene rings is 1. The molecule has 0 saturated carbocycles. The number of fused-ring (bicyclic) bond motifs is 2. The molecule has 1 saturated heterocycles. The third-order valence-corrected chi connectivity index (χ3v) is 7.13. The highest BCUT2D eigenvalue weighted by Gasteiger charge is 2.45.